The van der Waals surface area contributed by atoms with Crippen LogP contribution in [0.1, 0.15) is 0 Å². The van der Waals surface area contributed by atoms with E-state index in [0.717, 1.165) is 16.0 Å². The Kier molecular flexibility index (Phi) is 125. The molecule has 0 aliphatic carbocycles. The zero-order valence-electron chi connectivity index (χ0n) is 7.83. The Hall–Kier alpha value is 5.25. The van der Waals surface area contributed by atoms with Gasteiger partial charge in [0.2, 0.25) is 0 Å². The molecule has 0 rings (SSSR count). The van der Waals surface area contributed by atoms with Gasteiger partial charge in [0.15, 0.2) is 0 Å². The Labute approximate surface area is 191 Å². The van der Waals surface area contributed by atoms with Gasteiger partial charge in [0.25, 0.3) is 0 Å². The molecule has 0 saturated carbocycles. The molecule has 0 spiro atoms. The molecule has 0 amide bonds. The Morgan fingerprint density at radius 1 is 0.533 bits per heavy atom. The molecular weight excluding hydrogens is 934 g/mol. The van der Waals surface area contributed by atoms with Crippen LogP contribution < -0.4 is 0 Å². The van der Waals surface area contributed by atoms with Gasteiger partial charge in [0.05, 0.1) is 0 Å². The summed E-state index contributed by atoms with van der Waals surface area (Å²) in [5.41, 5.74) is 0. The Morgan fingerprint density at radius 2 is 0.600 bits per heavy atom. The van der Waals surface area contributed by atoms with Crippen molar-refractivity contribution in [3.63, 3.8) is 0 Å². The molecule has 0 saturated heterocycles. The first kappa shape index (κ1) is 37.0. The van der Waals surface area contributed by atoms with Crippen molar-refractivity contribution < 1.29 is 0 Å². The maximum absolute atomic E-state index is 3.25. The van der Waals surface area contributed by atoms with Crippen LogP contribution in [0.3, 0.4) is 0 Å². The van der Waals surface area contributed by atoms with Crippen LogP contribution >= 0.6 is 98.7 Å². The van der Waals surface area contributed by atoms with E-state index in [1.807, 2.05) is 0 Å². The molecule has 0 aromatic rings. The van der Waals surface area contributed by atoms with E-state index in [9.17, 15) is 0 Å². The molecular formula is C6H15Br6Te3. The molecule has 0 aliphatic rings. The van der Waals surface area contributed by atoms with Crippen LogP contribution in [0.4, 0.5) is 0 Å². The second kappa shape index (κ2) is 50.7. The van der Waals surface area contributed by atoms with Gasteiger partial charge in [-0.1, -0.05) is 0 Å². The second-order valence-corrected chi connectivity index (χ2v) is 7.05. The molecule has 0 aliphatic heterocycles. The molecule has 0 nitrogen and oxygen atoms in total. The molecule has 9 heteroatoms. The zero-order chi connectivity index (χ0) is 10.2. The Balaban J connectivity index is -0.0000000184. The summed E-state index contributed by atoms with van der Waals surface area (Å²) in [6.07, 6.45) is 0. The van der Waals surface area contributed by atoms with Crippen LogP contribution in [0.2, 0.25) is 13.4 Å². The van der Waals surface area contributed by atoms with Gasteiger partial charge in [-0.15, -0.1) is 50.9 Å². The number of rotatable bonds is 3. The molecule has 0 heterocycles. The molecule has 0 unspecified atom stereocenters. The van der Waals surface area contributed by atoms with Crippen molar-refractivity contribution in [3.8, 4) is 0 Å². The fourth-order valence-electron chi connectivity index (χ4n) is 0. The van der Waals surface area contributed by atoms with E-state index in [4.69, 9.17) is 0 Å². The third-order valence-electron chi connectivity index (χ3n) is 0.231. The van der Waals surface area contributed by atoms with Crippen LogP contribution in [0.25, 0.3) is 0 Å². The number of halogens is 6. The Morgan fingerprint density at radius 3 is 0.600 bits per heavy atom. The van der Waals surface area contributed by atoms with Crippen molar-refractivity contribution in [1.29, 1.82) is 0 Å². The predicted molar refractivity (Wildman–Crippen MR) is 104 cm³/mol. The van der Waals surface area contributed by atoms with Gasteiger partial charge in [-0.3, -0.25) is 0 Å². The summed E-state index contributed by atoms with van der Waals surface area (Å²) in [6.45, 7) is 0. The van der Waals surface area contributed by atoms with E-state index in [2.05, 4.69) is 115 Å². The molecule has 0 aromatic heterocycles. The van der Waals surface area contributed by atoms with Gasteiger partial charge in [0.1, 0.15) is 0 Å². The quantitative estimate of drug-likeness (QED) is 0.286. The molecule has 0 bridgehead atoms. The minimum absolute atomic E-state index is 0. The fourth-order valence-corrected chi connectivity index (χ4v) is 0. The normalized spacial score (nSPS) is 6.00. The van der Waals surface area contributed by atoms with Gasteiger partial charge in [-0.25, -0.2) is 0 Å². The average Bonchev–Trinajstić information content (AvgIpc) is 2.18. The third-order valence-corrected chi connectivity index (χ3v) is 8.07. The van der Waals surface area contributed by atoms with Crippen molar-refractivity contribution in [1.82, 2.24) is 0 Å². The summed E-state index contributed by atoms with van der Waals surface area (Å²) in [7, 11) is 0. The molecule has 0 N–H and O–H groups in total. The van der Waals surface area contributed by atoms with Gasteiger partial charge < -0.3 is 0 Å². The van der Waals surface area contributed by atoms with Crippen LogP contribution in [-0.4, -0.2) is 82.9 Å². The van der Waals surface area contributed by atoms with Crippen molar-refractivity contribution >= 4 is 166 Å². The molecule has 15 heavy (non-hydrogen) atoms. The van der Waals surface area contributed by atoms with Crippen molar-refractivity contribution in [2.24, 2.45) is 0 Å². The second-order valence-electron chi connectivity index (χ2n) is 1.18. The number of alkyl halides is 3. The summed E-state index contributed by atoms with van der Waals surface area (Å²) >= 11 is 16.0. The summed E-state index contributed by atoms with van der Waals surface area (Å²) in [5, 5.41) is 3.41. The third kappa shape index (κ3) is 84.2. The summed E-state index contributed by atoms with van der Waals surface area (Å²) in [4.78, 5) is 0. The van der Waals surface area contributed by atoms with Crippen molar-refractivity contribution in [2.75, 3.05) is 16.0 Å². The van der Waals surface area contributed by atoms with Crippen molar-refractivity contribution in [3.05, 3.63) is 0 Å². The van der Waals surface area contributed by atoms with Gasteiger partial charge in [-0.05, 0) is 0 Å². The molecule has 99 valence electrons. The molecule has 3 radical (unpaired) electrons. The average molecular weight is 949 g/mol. The molecule has 0 aromatic carbocycles. The number of hydrogen-bond donors (Lipinski definition) is 0. The topological polar surface area (TPSA) is 0 Å². The van der Waals surface area contributed by atoms with E-state index in [1.165, 1.54) is 13.4 Å². The fraction of sp³-hybridized carbons (Fsp3) is 1.00. The van der Waals surface area contributed by atoms with Crippen LogP contribution in [0.15, 0.2) is 0 Å². The predicted octanol–water partition coefficient (Wildman–Crippen LogP) is 4.64. The molecule has 0 fully saturated rings. The zero-order valence-corrected chi connectivity index (χ0v) is 24.7. The van der Waals surface area contributed by atoms with Gasteiger partial charge in [-0.2, -0.15) is 0 Å². The van der Waals surface area contributed by atoms with E-state index < -0.39 is 0 Å². The standard InChI is InChI=1S/3C2H4BrTe.3BrH/c3*3-1-2-4;;;/h3*1-2H2;3*1H. The van der Waals surface area contributed by atoms with E-state index in [-0.39, 0.29) is 50.9 Å². The van der Waals surface area contributed by atoms with E-state index >= 15 is 0 Å². The first-order valence-electron chi connectivity index (χ1n) is 3.17. The van der Waals surface area contributed by atoms with E-state index in [0.29, 0.717) is 0 Å². The minimum atomic E-state index is 0. The van der Waals surface area contributed by atoms with Gasteiger partial charge in [0, 0.05) is 0 Å². The van der Waals surface area contributed by atoms with Crippen LogP contribution in [0.5, 0.6) is 0 Å². The van der Waals surface area contributed by atoms with Crippen LogP contribution in [-0.2, 0) is 0 Å². The van der Waals surface area contributed by atoms with Crippen molar-refractivity contribution in [2.45, 2.75) is 13.4 Å². The summed E-state index contributed by atoms with van der Waals surface area (Å²) < 4.78 is 3.74. The maximum atomic E-state index is 3.25. The first-order chi connectivity index (χ1) is 5.74. The van der Waals surface area contributed by atoms with Gasteiger partial charge >= 0.3 is 144 Å². The summed E-state index contributed by atoms with van der Waals surface area (Å²) in [6, 6.07) is 0. The SMILES string of the molecule is Br.Br.Br.BrCC[Te].BrCC[Te].BrCC[Te]. The van der Waals surface area contributed by atoms with E-state index in [1.54, 1.807) is 0 Å². The first-order valence-corrected chi connectivity index (χ1v) is 11.5. The monoisotopic (exact) mass is 950 g/mol. The molecule has 0 atom stereocenters. The number of hydrogen-bond acceptors (Lipinski definition) is 0. The van der Waals surface area contributed by atoms with Crippen LogP contribution in [0, 0.1) is 0 Å². The Bertz CT molecular complexity index is 38.3. The summed E-state index contributed by atoms with van der Waals surface area (Å²) in [5.74, 6) is 0.